The van der Waals surface area contributed by atoms with Crippen LogP contribution in [-0.4, -0.2) is 21.3 Å². The topological polar surface area (TPSA) is 56.7 Å². The molecule has 0 fully saturated rings. The first-order chi connectivity index (χ1) is 6.20. The summed E-state index contributed by atoms with van der Waals surface area (Å²) < 4.78 is 2.17. The molecular formula is C9H18N4. The molecule has 0 radical (unpaired) electrons. The molecule has 0 spiro atoms. The second-order valence-corrected chi connectivity index (χ2v) is 3.39. The summed E-state index contributed by atoms with van der Waals surface area (Å²) in [6, 6.07) is 0.423. The molecular weight excluding hydrogens is 164 g/mol. The van der Waals surface area contributed by atoms with E-state index >= 15 is 0 Å². The van der Waals surface area contributed by atoms with E-state index in [4.69, 9.17) is 5.73 Å². The summed E-state index contributed by atoms with van der Waals surface area (Å²) in [5.41, 5.74) is 5.50. The average Bonchev–Trinajstić information content (AvgIpc) is 2.48. The van der Waals surface area contributed by atoms with E-state index in [1.54, 1.807) is 0 Å². The summed E-state index contributed by atoms with van der Waals surface area (Å²) in [5, 5.41) is 8.26. The number of rotatable bonds is 4. The molecule has 0 saturated carbocycles. The molecule has 1 aromatic heterocycles. The Morgan fingerprint density at radius 3 is 2.38 bits per heavy atom. The van der Waals surface area contributed by atoms with Gasteiger partial charge in [-0.15, -0.1) is 10.2 Å². The molecule has 74 valence electrons. The maximum Gasteiger partial charge on any atom is 0.134 e. The van der Waals surface area contributed by atoms with Gasteiger partial charge in [-0.3, -0.25) is 0 Å². The lowest BCUT2D eigenvalue weighted by Gasteiger charge is -2.12. The summed E-state index contributed by atoms with van der Waals surface area (Å²) in [6.45, 7) is 7.01. The number of nitrogens with two attached hydrogens (primary N) is 1. The molecule has 0 aromatic carbocycles. The molecule has 4 heteroatoms. The Balaban J connectivity index is 2.99. The lowest BCUT2D eigenvalue weighted by atomic mass is 10.3. The third-order valence-corrected chi connectivity index (χ3v) is 2.04. The van der Waals surface area contributed by atoms with Crippen LogP contribution in [0, 0.1) is 0 Å². The Kier molecular flexibility index (Phi) is 3.42. The average molecular weight is 182 g/mol. The lowest BCUT2D eigenvalue weighted by molar-refractivity contribution is 0.545. The van der Waals surface area contributed by atoms with Crippen molar-refractivity contribution in [2.24, 2.45) is 5.73 Å². The van der Waals surface area contributed by atoms with Crippen molar-refractivity contribution in [1.82, 2.24) is 14.8 Å². The van der Waals surface area contributed by atoms with E-state index in [9.17, 15) is 0 Å². The molecule has 0 amide bonds. The Morgan fingerprint density at radius 1 is 1.31 bits per heavy atom. The SMILES string of the molecule is CCc1nnc(CCN)n1C(C)C. The van der Waals surface area contributed by atoms with Gasteiger partial charge in [0.1, 0.15) is 11.6 Å². The molecule has 13 heavy (non-hydrogen) atoms. The predicted octanol–water partition coefficient (Wildman–Crippen LogP) is 0.923. The molecule has 0 bridgehead atoms. The highest BCUT2D eigenvalue weighted by Gasteiger charge is 2.11. The quantitative estimate of drug-likeness (QED) is 0.753. The van der Waals surface area contributed by atoms with Crippen LogP contribution >= 0.6 is 0 Å². The largest absolute Gasteiger partial charge is 0.330 e. The number of aromatic nitrogens is 3. The van der Waals surface area contributed by atoms with Crippen molar-refractivity contribution >= 4 is 0 Å². The van der Waals surface area contributed by atoms with Crippen molar-refractivity contribution < 1.29 is 0 Å². The van der Waals surface area contributed by atoms with Crippen LogP contribution in [-0.2, 0) is 12.8 Å². The van der Waals surface area contributed by atoms with E-state index in [2.05, 4.69) is 35.5 Å². The Bertz CT molecular complexity index is 265. The highest BCUT2D eigenvalue weighted by Crippen LogP contribution is 2.11. The van der Waals surface area contributed by atoms with Gasteiger partial charge in [0.2, 0.25) is 0 Å². The van der Waals surface area contributed by atoms with E-state index < -0.39 is 0 Å². The van der Waals surface area contributed by atoms with Gasteiger partial charge < -0.3 is 10.3 Å². The summed E-state index contributed by atoms with van der Waals surface area (Å²) in [4.78, 5) is 0. The molecule has 0 unspecified atom stereocenters. The molecule has 0 aliphatic heterocycles. The zero-order chi connectivity index (χ0) is 9.84. The van der Waals surface area contributed by atoms with Gasteiger partial charge in [-0.05, 0) is 20.4 Å². The second kappa shape index (κ2) is 4.37. The fourth-order valence-electron chi connectivity index (χ4n) is 1.50. The minimum Gasteiger partial charge on any atom is -0.330 e. The number of aryl methyl sites for hydroxylation is 1. The van der Waals surface area contributed by atoms with Crippen molar-refractivity contribution in [3.05, 3.63) is 11.6 Å². The van der Waals surface area contributed by atoms with Crippen molar-refractivity contribution in [3.8, 4) is 0 Å². The fourth-order valence-corrected chi connectivity index (χ4v) is 1.50. The maximum absolute atomic E-state index is 5.50. The highest BCUT2D eigenvalue weighted by molar-refractivity contribution is 4.98. The van der Waals surface area contributed by atoms with Gasteiger partial charge in [0.15, 0.2) is 0 Å². The van der Waals surface area contributed by atoms with E-state index in [0.717, 1.165) is 24.5 Å². The fraction of sp³-hybridized carbons (Fsp3) is 0.778. The smallest absolute Gasteiger partial charge is 0.134 e. The van der Waals surface area contributed by atoms with Gasteiger partial charge in [-0.1, -0.05) is 6.92 Å². The predicted molar refractivity (Wildman–Crippen MR) is 52.5 cm³/mol. The Labute approximate surface area is 79.2 Å². The third kappa shape index (κ3) is 2.06. The van der Waals surface area contributed by atoms with Gasteiger partial charge in [-0.25, -0.2) is 0 Å². The molecule has 0 aliphatic rings. The van der Waals surface area contributed by atoms with Crippen molar-refractivity contribution in [2.45, 2.75) is 39.7 Å². The molecule has 1 rings (SSSR count). The minimum absolute atomic E-state index is 0.423. The summed E-state index contributed by atoms with van der Waals surface area (Å²) in [7, 11) is 0. The van der Waals surface area contributed by atoms with Gasteiger partial charge in [0.05, 0.1) is 0 Å². The monoisotopic (exact) mass is 182 g/mol. The first-order valence-corrected chi connectivity index (χ1v) is 4.83. The summed E-state index contributed by atoms with van der Waals surface area (Å²) in [5.74, 6) is 2.06. The zero-order valence-electron chi connectivity index (χ0n) is 8.62. The maximum atomic E-state index is 5.50. The molecule has 2 N–H and O–H groups in total. The van der Waals surface area contributed by atoms with E-state index in [-0.39, 0.29) is 0 Å². The molecule has 0 atom stereocenters. The van der Waals surface area contributed by atoms with Crippen molar-refractivity contribution in [2.75, 3.05) is 6.54 Å². The highest BCUT2D eigenvalue weighted by atomic mass is 15.3. The van der Waals surface area contributed by atoms with Crippen molar-refractivity contribution in [1.29, 1.82) is 0 Å². The van der Waals surface area contributed by atoms with E-state index in [1.807, 2.05) is 0 Å². The molecule has 0 saturated heterocycles. The number of hydrogen-bond acceptors (Lipinski definition) is 3. The van der Waals surface area contributed by atoms with Crippen LogP contribution in [0.3, 0.4) is 0 Å². The van der Waals surface area contributed by atoms with Crippen LogP contribution in [0.2, 0.25) is 0 Å². The summed E-state index contributed by atoms with van der Waals surface area (Å²) >= 11 is 0. The van der Waals surface area contributed by atoms with Crippen molar-refractivity contribution in [3.63, 3.8) is 0 Å². The van der Waals surface area contributed by atoms with Crippen LogP contribution < -0.4 is 5.73 Å². The van der Waals surface area contributed by atoms with Crippen LogP contribution in [0.15, 0.2) is 0 Å². The Hall–Kier alpha value is -0.900. The van der Waals surface area contributed by atoms with Crippen LogP contribution in [0.1, 0.15) is 38.5 Å². The molecule has 1 heterocycles. The Morgan fingerprint density at radius 2 is 1.92 bits per heavy atom. The van der Waals surface area contributed by atoms with Crippen LogP contribution in [0.5, 0.6) is 0 Å². The van der Waals surface area contributed by atoms with Gasteiger partial charge in [0.25, 0.3) is 0 Å². The molecule has 0 aliphatic carbocycles. The summed E-state index contributed by atoms with van der Waals surface area (Å²) in [6.07, 6.45) is 1.74. The minimum atomic E-state index is 0.423. The van der Waals surface area contributed by atoms with Crippen LogP contribution in [0.25, 0.3) is 0 Å². The molecule has 4 nitrogen and oxygen atoms in total. The number of hydrogen-bond donors (Lipinski definition) is 1. The van der Waals surface area contributed by atoms with E-state index in [0.29, 0.717) is 12.6 Å². The molecule has 1 aromatic rings. The first kappa shape index (κ1) is 10.2. The van der Waals surface area contributed by atoms with Gasteiger partial charge in [0, 0.05) is 18.9 Å². The third-order valence-electron chi connectivity index (χ3n) is 2.04. The zero-order valence-corrected chi connectivity index (χ0v) is 8.62. The standard InChI is InChI=1S/C9H18N4/c1-4-8-11-12-9(5-6-10)13(8)7(2)3/h7H,4-6,10H2,1-3H3. The normalized spacial score (nSPS) is 11.2. The van der Waals surface area contributed by atoms with Gasteiger partial charge in [-0.2, -0.15) is 0 Å². The number of nitrogens with zero attached hydrogens (tertiary/aromatic N) is 3. The second-order valence-electron chi connectivity index (χ2n) is 3.39. The van der Waals surface area contributed by atoms with Gasteiger partial charge >= 0.3 is 0 Å². The van der Waals surface area contributed by atoms with E-state index in [1.165, 1.54) is 0 Å². The van der Waals surface area contributed by atoms with Crippen LogP contribution in [0.4, 0.5) is 0 Å². The first-order valence-electron chi connectivity index (χ1n) is 4.83. The lowest BCUT2D eigenvalue weighted by Crippen LogP contribution is -2.13.